The molecular weight excluding hydrogens is 290 g/mol. The summed E-state index contributed by atoms with van der Waals surface area (Å²) < 4.78 is 6.73. The molecule has 0 unspecified atom stereocenters. The molecule has 0 bridgehead atoms. The number of nitrogens with two attached hydrogens (primary N) is 1. The molecule has 3 heteroatoms. The fourth-order valence-corrected chi connectivity index (χ4v) is 2.14. The molecule has 0 saturated heterocycles. The molecule has 0 atom stereocenters. The maximum Gasteiger partial charge on any atom is 0.142 e. The highest BCUT2D eigenvalue weighted by Crippen LogP contribution is 2.26. The molecule has 94 valence electrons. The average molecular weight is 306 g/mol. The largest absolute Gasteiger partial charge is 0.487 e. The van der Waals surface area contributed by atoms with Gasteiger partial charge in [-0.1, -0.05) is 39.7 Å². The third kappa shape index (κ3) is 3.05. The molecule has 0 aliphatic carbocycles. The van der Waals surface area contributed by atoms with Crippen LogP contribution >= 0.6 is 15.9 Å². The van der Waals surface area contributed by atoms with Gasteiger partial charge in [0.2, 0.25) is 0 Å². The number of hydrogen-bond donors (Lipinski definition) is 1. The predicted octanol–water partition coefficient (Wildman–Crippen LogP) is 4.23. The number of aryl methyl sites for hydroxylation is 2. The fraction of sp³-hybridized carbons (Fsp3) is 0.200. The van der Waals surface area contributed by atoms with Gasteiger partial charge < -0.3 is 10.5 Å². The van der Waals surface area contributed by atoms with E-state index in [9.17, 15) is 0 Å². The van der Waals surface area contributed by atoms with E-state index in [0.29, 0.717) is 12.3 Å². The summed E-state index contributed by atoms with van der Waals surface area (Å²) in [5, 5.41) is 0. The van der Waals surface area contributed by atoms with Crippen molar-refractivity contribution < 1.29 is 4.74 Å². The topological polar surface area (TPSA) is 35.2 Å². The smallest absolute Gasteiger partial charge is 0.142 e. The van der Waals surface area contributed by atoms with Gasteiger partial charge in [-0.25, -0.2) is 0 Å². The molecule has 0 heterocycles. The summed E-state index contributed by atoms with van der Waals surface area (Å²) in [7, 11) is 0. The molecule has 0 aliphatic rings. The third-order valence-corrected chi connectivity index (χ3v) is 3.35. The van der Waals surface area contributed by atoms with Crippen LogP contribution < -0.4 is 10.5 Å². The summed E-state index contributed by atoms with van der Waals surface area (Å²) in [5.74, 6) is 0.721. The molecule has 0 radical (unpaired) electrons. The maximum atomic E-state index is 5.90. The van der Waals surface area contributed by atoms with Crippen LogP contribution in [0.1, 0.15) is 16.7 Å². The summed E-state index contributed by atoms with van der Waals surface area (Å²) in [6.07, 6.45) is 0. The van der Waals surface area contributed by atoms with Gasteiger partial charge in [0.25, 0.3) is 0 Å². The van der Waals surface area contributed by atoms with E-state index in [1.807, 2.05) is 18.2 Å². The van der Waals surface area contributed by atoms with Gasteiger partial charge in [0.15, 0.2) is 0 Å². The van der Waals surface area contributed by atoms with Gasteiger partial charge in [-0.05, 0) is 43.2 Å². The van der Waals surface area contributed by atoms with Gasteiger partial charge in [0.05, 0.1) is 5.69 Å². The molecule has 18 heavy (non-hydrogen) atoms. The molecule has 0 aliphatic heterocycles. The fourth-order valence-electron chi connectivity index (χ4n) is 1.76. The van der Waals surface area contributed by atoms with Gasteiger partial charge in [-0.15, -0.1) is 0 Å². The Labute approximate surface area is 116 Å². The lowest BCUT2D eigenvalue weighted by molar-refractivity contribution is 0.307. The molecule has 0 aromatic heterocycles. The summed E-state index contributed by atoms with van der Waals surface area (Å²) in [6.45, 7) is 4.71. The Morgan fingerprint density at radius 2 is 1.89 bits per heavy atom. The number of nitrogen functional groups attached to an aromatic ring is 1. The van der Waals surface area contributed by atoms with Crippen molar-refractivity contribution in [1.29, 1.82) is 0 Å². The zero-order valence-corrected chi connectivity index (χ0v) is 12.1. The Bertz CT molecular complexity index is 566. The minimum absolute atomic E-state index is 0.541. The van der Waals surface area contributed by atoms with E-state index >= 15 is 0 Å². The van der Waals surface area contributed by atoms with E-state index in [0.717, 1.165) is 10.2 Å². The Kier molecular flexibility index (Phi) is 3.92. The second-order valence-corrected chi connectivity index (χ2v) is 5.32. The van der Waals surface area contributed by atoms with Crippen LogP contribution in [-0.4, -0.2) is 0 Å². The van der Waals surface area contributed by atoms with Gasteiger partial charge in [-0.3, -0.25) is 0 Å². The van der Waals surface area contributed by atoms with Crippen LogP contribution in [0.4, 0.5) is 5.69 Å². The molecule has 2 N–H and O–H groups in total. The Morgan fingerprint density at radius 1 is 1.11 bits per heavy atom. The van der Waals surface area contributed by atoms with Crippen LogP contribution in [0.5, 0.6) is 5.75 Å². The lowest BCUT2D eigenvalue weighted by Gasteiger charge is -2.11. The van der Waals surface area contributed by atoms with Gasteiger partial charge in [0, 0.05) is 4.47 Å². The van der Waals surface area contributed by atoms with E-state index in [-0.39, 0.29) is 0 Å². The standard InChI is InChI=1S/C15H16BrNO/c1-10-3-4-11(2)12(7-10)9-18-15-6-5-13(16)8-14(15)17/h3-8H,9,17H2,1-2H3. The van der Waals surface area contributed by atoms with Crippen LogP contribution in [0.2, 0.25) is 0 Å². The highest BCUT2D eigenvalue weighted by Gasteiger charge is 2.03. The van der Waals surface area contributed by atoms with Crippen LogP contribution in [0, 0.1) is 13.8 Å². The molecule has 0 saturated carbocycles. The zero-order valence-electron chi connectivity index (χ0n) is 10.5. The van der Waals surface area contributed by atoms with Crippen molar-refractivity contribution in [2.75, 3.05) is 5.73 Å². The molecule has 2 aromatic rings. The lowest BCUT2D eigenvalue weighted by atomic mass is 10.1. The van der Waals surface area contributed by atoms with Crippen molar-refractivity contribution in [3.63, 3.8) is 0 Å². The van der Waals surface area contributed by atoms with Crippen molar-refractivity contribution in [2.24, 2.45) is 0 Å². The first-order valence-electron chi connectivity index (χ1n) is 5.80. The van der Waals surface area contributed by atoms with Gasteiger partial charge in [-0.2, -0.15) is 0 Å². The molecule has 0 amide bonds. The molecule has 2 nitrogen and oxygen atoms in total. The molecule has 0 fully saturated rings. The van der Waals surface area contributed by atoms with Crippen LogP contribution in [0.25, 0.3) is 0 Å². The zero-order chi connectivity index (χ0) is 13.1. The number of rotatable bonds is 3. The third-order valence-electron chi connectivity index (χ3n) is 2.86. The average Bonchev–Trinajstić information content (AvgIpc) is 2.32. The van der Waals surface area contributed by atoms with E-state index < -0.39 is 0 Å². The Morgan fingerprint density at radius 3 is 2.61 bits per heavy atom. The van der Waals surface area contributed by atoms with E-state index in [1.165, 1.54) is 16.7 Å². The van der Waals surface area contributed by atoms with Gasteiger partial charge >= 0.3 is 0 Å². The summed E-state index contributed by atoms with van der Waals surface area (Å²) in [4.78, 5) is 0. The SMILES string of the molecule is Cc1ccc(C)c(COc2ccc(Br)cc2N)c1. The first-order chi connectivity index (χ1) is 8.56. The number of hydrogen-bond acceptors (Lipinski definition) is 2. The molecule has 0 spiro atoms. The van der Waals surface area contributed by atoms with E-state index in [1.54, 1.807) is 0 Å². The summed E-state index contributed by atoms with van der Waals surface area (Å²) >= 11 is 3.38. The first-order valence-corrected chi connectivity index (χ1v) is 6.59. The molecular formula is C15H16BrNO. The highest BCUT2D eigenvalue weighted by molar-refractivity contribution is 9.10. The minimum atomic E-state index is 0.541. The minimum Gasteiger partial charge on any atom is -0.487 e. The van der Waals surface area contributed by atoms with Crippen molar-refractivity contribution in [2.45, 2.75) is 20.5 Å². The lowest BCUT2D eigenvalue weighted by Crippen LogP contribution is -2.00. The second-order valence-electron chi connectivity index (χ2n) is 4.40. The Hall–Kier alpha value is -1.48. The number of halogens is 1. The summed E-state index contributed by atoms with van der Waals surface area (Å²) in [5.41, 5.74) is 10.2. The summed E-state index contributed by atoms with van der Waals surface area (Å²) in [6, 6.07) is 12.0. The molecule has 2 rings (SSSR count). The number of anilines is 1. The van der Waals surface area contributed by atoms with Crippen molar-refractivity contribution in [3.05, 3.63) is 57.6 Å². The van der Waals surface area contributed by atoms with Crippen LogP contribution in [-0.2, 0) is 6.61 Å². The van der Waals surface area contributed by atoms with E-state index in [4.69, 9.17) is 10.5 Å². The highest BCUT2D eigenvalue weighted by atomic mass is 79.9. The quantitative estimate of drug-likeness (QED) is 0.861. The van der Waals surface area contributed by atoms with Crippen molar-refractivity contribution in [1.82, 2.24) is 0 Å². The predicted molar refractivity (Wildman–Crippen MR) is 78.8 cm³/mol. The maximum absolute atomic E-state index is 5.90. The first kappa shape index (κ1) is 13.0. The number of ether oxygens (including phenoxy) is 1. The number of benzene rings is 2. The van der Waals surface area contributed by atoms with Crippen molar-refractivity contribution >= 4 is 21.6 Å². The normalized spacial score (nSPS) is 10.4. The second kappa shape index (κ2) is 5.44. The van der Waals surface area contributed by atoms with Crippen LogP contribution in [0.3, 0.4) is 0 Å². The van der Waals surface area contributed by atoms with Crippen LogP contribution in [0.15, 0.2) is 40.9 Å². The monoisotopic (exact) mass is 305 g/mol. The molecule has 2 aromatic carbocycles. The van der Waals surface area contributed by atoms with E-state index in [2.05, 4.69) is 48.0 Å². The van der Waals surface area contributed by atoms with Gasteiger partial charge in [0.1, 0.15) is 12.4 Å². The van der Waals surface area contributed by atoms with Crippen molar-refractivity contribution in [3.8, 4) is 5.75 Å². The Balaban J connectivity index is 2.13.